The van der Waals surface area contributed by atoms with Crippen LogP contribution in [-0.4, -0.2) is 40.4 Å². The topological polar surface area (TPSA) is 69.0 Å². The Bertz CT molecular complexity index is 338. The number of nitrogens with one attached hydrogen (secondary N) is 1. The molecule has 0 aliphatic rings. The van der Waals surface area contributed by atoms with Gasteiger partial charge in [-0.25, -0.2) is 4.98 Å². The molecule has 0 saturated heterocycles. The normalized spacial score (nSPS) is 12.7. The molecule has 0 aromatic carbocycles. The highest BCUT2D eigenvalue weighted by molar-refractivity contribution is 5.76. The van der Waals surface area contributed by atoms with Crippen LogP contribution in [0.1, 0.15) is 26.7 Å². The first kappa shape index (κ1) is 14.6. The number of nitrogens with zero attached hydrogens (tertiary/aromatic N) is 3. The molecule has 1 aromatic rings. The number of aromatic nitrogens is 3. The van der Waals surface area contributed by atoms with Crippen LogP contribution in [0.25, 0.3) is 0 Å². The van der Waals surface area contributed by atoms with Crippen molar-refractivity contribution in [2.75, 3.05) is 13.7 Å². The van der Waals surface area contributed by atoms with Gasteiger partial charge in [-0.3, -0.25) is 9.48 Å². The maximum Gasteiger partial charge on any atom is 0.220 e. The van der Waals surface area contributed by atoms with E-state index in [0.29, 0.717) is 25.5 Å². The maximum atomic E-state index is 11.7. The Morgan fingerprint density at radius 2 is 2.28 bits per heavy atom. The van der Waals surface area contributed by atoms with E-state index in [1.165, 1.54) is 6.33 Å². The fraction of sp³-hybridized carbons (Fsp3) is 0.750. The van der Waals surface area contributed by atoms with Crippen molar-refractivity contribution in [2.24, 2.45) is 5.92 Å². The molecule has 0 unspecified atom stereocenters. The number of methoxy groups -OCH3 is 1. The van der Waals surface area contributed by atoms with E-state index in [0.717, 1.165) is 6.42 Å². The molecule has 102 valence electrons. The summed E-state index contributed by atoms with van der Waals surface area (Å²) in [5.74, 6) is 0.426. The number of hydrogen-bond donors (Lipinski definition) is 1. The Kier molecular flexibility index (Phi) is 6.35. The third-order valence-corrected chi connectivity index (χ3v) is 2.75. The van der Waals surface area contributed by atoms with Crippen LogP contribution in [0.4, 0.5) is 0 Å². The predicted octanol–water partition coefficient (Wildman–Crippen LogP) is 0.845. The van der Waals surface area contributed by atoms with Gasteiger partial charge in [0.05, 0.1) is 12.6 Å². The zero-order chi connectivity index (χ0) is 13.4. The third-order valence-electron chi connectivity index (χ3n) is 2.75. The second-order valence-corrected chi connectivity index (χ2v) is 4.64. The summed E-state index contributed by atoms with van der Waals surface area (Å²) in [6.45, 7) is 5.40. The van der Waals surface area contributed by atoms with Crippen LogP contribution in [0.2, 0.25) is 0 Å². The highest BCUT2D eigenvalue weighted by Gasteiger charge is 2.15. The summed E-state index contributed by atoms with van der Waals surface area (Å²) in [5, 5.41) is 6.97. The summed E-state index contributed by atoms with van der Waals surface area (Å²) in [6, 6.07) is 0.0777. The first-order valence-electron chi connectivity index (χ1n) is 6.24. The van der Waals surface area contributed by atoms with E-state index in [2.05, 4.69) is 29.2 Å². The fourth-order valence-corrected chi connectivity index (χ4v) is 1.61. The lowest BCUT2D eigenvalue weighted by molar-refractivity contribution is -0.122. The smallest absolute Gasteiger partial charge is 0.220 e. The van der Waals surface area contributed by atoms with Gasteiger partial charge >= 0.3 is 0 Å². The van der Waals surface area contributed by atoms with Gasteiger partial charge in [-0.1, -0.05) is 13.8 Å². The van der Waals surface area contributed by atoms with E-state index in [4.69, 9.17) is 4.74 Å². The number of amides is 1. The summed E-state index contributed by atoms with van der Waals surface area (Å²) < 4.78 is 6.82. The monoisotopic (exact) mass is 254 g/mol. The largest absolute Gasteiger partial charge is 0.383 e. The molecule has 6 heteroatoms. The summed E-state index contributed by atoms with van der Waals surface area (Å²) in [5.41, 5.74) is 0. The number of carbonyl (C=O) groups excluding carboxylic acids is 1. The average Bonchev–Trinajstić information content (AvgIpc) is 2.81. The van der Waals surface area contributed by atoms with Crippen molar-refractivity contribution in [1.29, 1.82) is 0 Å². The average molecular weight is 254 g/mol. The minimum absolute atomic E-state index is 0.0610. The van der Waals surface area contributed by atoms with E-state index in [1.807, 2.05) is 0 Å². The molecular formula is C12H22N4O2. The van der Waals surface area contributed by atoms with E-state index in [1.54, 1.807) is 18.1 Å². The highest BCUT2D eigenvalue weighted by Crippen LogP contribution is 2.03. The van der Waals surface area contributed by atoms with Crippen LogP contribution < -0.4 is 5.32 Å². The number of hydrogen-bond acceptors (Lipinski definition) is 4. The number of rotatable bonds is 8. The molecule has 0 saturated carbocycles. The first-order valence-corrected chi connectivity index (χ1v) is 6.24. The Balaban J connectivity index is 2.23. The minimum atomic E-state index is 0.0610. The molecule has 0 aliphatic carbocycles. The van der Waals surface area contributed by atoms with Crippen molar-refractivity contribution in [1.82, 2.24) is 20.1 Å². The molecule has 0 bridgehead atoms. The molecular weight excluding hydrogens is 232 g/mol. The van der Waals surface area contributed by atoms with Crippen LogP contribution in [0, 0.1) is 5.92 Å². The molecule has 6 nitrogen and oxygen atoms in total. The minimum Gasteiger partial charge on any atom is -0.383 e. The SMILES string of the molecule is COC[C@H](NC(=O)CCCn1cncn1)C(C)C. The Hall–Kier alpha value is -1.43. The molecule has 18 heavy (non-hydrogen) atoms. The molecule has 1 atom stereocenters. The summed E-state index contributed by atoms with van der Waals surface area (Å²) >= 11 is 0. The maximum absolute atomic E-state index is 11.7. The van der Waals surface area contributed by atoms with Gasteiger partial charge < -0.3 is 10.1 Å². The van der Waals surface area contributed by atoms with Crippen molar-refractivity contribution in [3.63, 3.8) is 0 Å². The Morgan fingerprint density at radius 3 is 2.83 bits per heavy atom. The van der Waals surface area contributed by atoms with Crippen LogP contribution in [0.15, 0.2) is 12.7 Å². The Labute approximate surface area is 108 Å². The number of carbonyl (C=O) groups is 1. The molecule has 1 rings (SSSR count). The van der Waals surface area contributed by atoms with Gasteiger partial charge in [0.2, 0.25) is 5.91 Å². The van der Waals surface area contributed by atoms with Gasteiger partial charge in [0.15, 0.2) is 0 Å². The van der Waals surface area contributed by atoms with Gasteiger partial charge in [0.1, 0.15) is 12.7 Å². The van der Waals surface area contributed by atoms with Gasteiger partial charge in [-0.05, 0) is 12.3 Å². The molecule has 0 spiro atoms. The fourth-order valence-electron chi connectivity index (χ4n) is 1.61. The van der Waals surface area contributed by atoms with E-state index >= 15 is 0 Å². The summed E-state index contributed by atoms with van der Waals surface area (Å²) in [4.78, 5) is 15.6. The lowest BCUT2D eigenvalue weighted by atomic mass is 10.1. The predicted molar refractivity (Wildman–Crippen MR) is 67.9 cm³/mol. The van der Waals surface area contributed by atoms with Gasteiger partial charge in [0.25, 0.3) is 0 Å². The van der Waals surface area contributed by atoms with Crippen LogP contribution in [0.5, 0.6) is 0 Å². The van der Waals surface area contributed by atoms with Crippen molar-refractivity contribution < 1.29 is 9.53 Å². The van der Waals surface area contributed by atoms with Crippen LogP contribution in [-0.2, 0) is 16.1 Å². The third kappa shape index (κ3) is 5.27. The number of aryl methyl sites for hydroxylation is 1. The zero-order valence-corrected chi connectivity index (χ0v) is 11.3. The van der Waals surface area contributed by atoms with E-state index in [-0.39, 0.29) is 11.9 Å². The molecule has 1 heterocycles. The van der Waals surface area contributed by atoms with Crippen molar-refractivity contribution in [2.45, 2.75) is 39.3 Å². The molecule has 1 aromatic heterocycles. The van der Waals surface area contributed by atoms with Gasteiger partial charge in [-0.15, -0.1) is 0 Å². The Morgan fingerprint density at radius 1 is 1.50 bits per heavy atom. The van der Waals surface area contributed by atoms with Crippen molar-refractivity contribution >= 4 is 5.91 Å². The van der Waals surface area contributed by atoms with Crippen molar-refractivity contribution in [3.8, 4) is 0 Å². The molecule has 1 amide bonds. The lowest BCUT2D eigenvalue weighted by Gasteiger charge is -2.21. The quantitative estimate of drug-likeness (QED) is 0.746. The molecule has 0 aliphatic heterocycles. The first-order chi connectivity index (χ1) is 8.63. The summed E-state index contributed by atoms with van der Waals surface area (Å²) in [6.07, 6.45) is 4.40. The summed E-state index contributed by atoms with van der Waals surface area (Å²) in [7, 11) is 1.65. The molecule has 1 N–H and O–H groups in total. The standard InChI is InChI=1S/C12H22N4O2/c1-10(2)11(7-18-3)15-12(17)5-4-6-16-9-13-8-14-16/h8-11H,4-7H2,1-3H3,(H,15,17)/t11-/m0/s1. The van der Waals surface area contributed by atoms with E-state index in [9.17, 15) is 4.79 Å². The zero-order valence-electron chi connectivity index (χ0n) is 11.3. The highest BCUT2D eigenvalue weighted by atomic mass is 16.5. The number of ether oxygens (including phenoxy) is 1. The molecule has 0 fully saturated rings. The van der Waals surface area contributed by atoms with E-state index < -0.39 is 0 Å². The van der Waals surface area contributed by atoms with Crippen molar-refractivity contribution in [3.05, 3.63) is 12.7 Å². The second-order valence-electron chi connectivity index (χ2n) is 4.64. The van der Waals surface area contributed by atoms with Gasteiger partial charge in [0, 0.05) is 20.1 Å². The lowest BCUT2D eigenvalue weighted by Crippen LogP contribution is -2.41. The van der Waals surface area contributed by atoms with Crippen LogP contribution in [0.3, 0.4) is 0 Å². The van der Waals surface area contributed by atoms with Gasteiger partial charge in [-0.2, -0.15) is 5.10 Å². The van der Waals surface area contributed by atoms with Crippen LogP contribution >= 0.6 is 0 Å². The molecule has 0 radical (unpaired) electrons. The second kappa shape index (κ2) is 7.81.